The van der Waals surface area contributed by atoms with Crippen LogP contribution in [0.3, 0.4) is 0 Å². The van der Waals surface area contributed by atoms with Crippen LogP contribution in [0, 0.1) is 0 Å². The highest BCUT2D eigenvalue weighted by atomic mass is 16.2. The highest BCUT2D eigenvalue weighted by Gasteiger charge is 2.29. The average Bonchev–Trinajstić information content (AvgIpc) is 3.41. The molecule has 8 nitrogen and oxygen atoms in total. The number of amides is 2. The van der Waals surface area contributed by atoms with E-state index in [9.17, 15) is 9.59 Å². The summed E-state index contributed by atoms with van der Waals surface area (Å²) in [6.45, 7) is 0. The van der Waals surface area contributed by atoms with E-state index >= 15 is 0 Å². The number of rotatable bonds is 8. The standard InChI is InChI=1S/C29H28N6O2/c36-28(17-20-7-3-1-4-8-20)30-26-15-13-24(32-34-26)22-11-12-23(19-22)25-14-16-27(35-33-25)31-29(37)18-21-9-5-2-6-10-21/h1-10,13-16,22-23H,11-12,17-19H2,(H,30,34,36)(H,31,35,37)/t22-,23+. The van der Waals surface area contributed by atoms with Gasteiger partial charge in [0.15, 0.2) is 11.6 Å². The summed E-state index contributed by atoms with van der Waals surface area (Å²) >= 11 is 0. The molecule has 1 saturated carbocycles. The molecule has 0 bridgehead atoms. The first-order valence-corrected chi connectivity index (χ1v) is 12.5. The summed E-state index contributed by atoms with van der Waals surface area (Å²) in [5.74, 6) is 1.22. The van der Waals surface area contributed by atoms with Crippen molar-refractivity contribution >= 4 is 23.5 Å². The van der Waals surface area contributed by atoms with E-state index in [1.54, 1.807) is 0 Å². The van der Waals surface area contributed by atoms with Crippen LogP contribution in [0.2, 0.25) is 0 Å². The Morgan fingerprint density at radius 2 is 1.03 bits per heavy atom. The van der Waals surface area contributed by atoms with Gasteiger partial charge in [0.1, 0.15) is 0 Å². The third-order valence-electron chi connectivity index (χ3n) is 6.59. The lowest BCUT2D eigenvalue weighted by atomic mass is 9.99. The Balaban J connectivity index is 1.12. The second-order valence-corrected chi connectivity index (χ2v) is 9.31. The molecule has 2 atom stereocenters. The minimum Gasteiger partial charge on any atom is -0.309 e. The van der Waals surface area contributed by atoms with Gasteiger partial charge in [-0.05, 0) is 54.7 Å². The van der Waals surface area contributed by atoms with Crippen molar-refractivity contribution in [2.24, 2.45) is 0 Å². The molecule has 186 valence electrons. The molecular weight excluding hydrogens is 464 g/mol. The van der Waals surface area contributed by atoms with E-state index in [4.69, 9.17) is 0 Å². The van der Waals surface area contributed by atoms with E-state index in [0.717, 1.165) is 41.8 Å². The van der Waals surface area contributed by atoms with Gasteiger partial charge in [0.05, 0.1) is 24.2 Å². The van der Waals surface area contributed by atoms with Crippen molar-refractivity contribution in [2.75, 3.05) is 10.6 Å². The van der Waals surface area contributed by atoms with E-state index in [0.29, 0.717) is 24.5 Å². The molecule has 0 radical (unpaired) electrons. The number of hydrogen-bond donors (Lipinski definition) is 2. The molecule has 4 aromatic rings. The van der Waals surface area contributed by atoms with Crippen LogP contribution in [0.1, 0.15) is 53.6 Å². The lowest BCUT2D eigenvalue weighted by Crippen LogP contribution is -2.16. The fourth-order valence-electron chi connectivity index (χ4n) is 4.71. The molecule has 0 unspecified atom stereocenters. The number of nitrogens with one attached hydrogen (secondary N) is 2. The smallest absolute Gasteiger partial charge is 0.229 e. The van der Waals surface area contributed by atoms with Crippen LogP contribution >= 0.6 is 0 Å². The minimum atomic E-state index is -0.118. The summed E-state index contributed by atoms with van der Waals surface area (Å²) < 4.78 is 0. The van der Waals surface area contributed by atoms with Crippen LogP contribution in [-0.4, -0.2) is 32.2 Å². The third-order valence-corrected chi connectivity index (χ3v) is 6.59. The molecule has 2 aromatic heterocycles. The lowest BCUT2D eigenvalue weighted by Gasteiger charge is -2.11. The number of hydrogen-bond acceptors (Lipinski definition) is 6. The van der Waals surface area contributed by atoms with Gasteiger partial charge in [-0.25, -0.2) is 0 Å². The van der Waals surface area contributed by atoms with Crippen LogP contribution in [0.25, 0.3) is 0 Å². The molecule has 5 rings (SSSR count). The predicted molar refractivity (Wildman–Crippen MR) is 141 cm³/mol. The molecule has 0 aliphatic heterocycles. The van der Waals surface area contributed by atoms with E-state index in [1.807, 2.05) is 84.9 Å². The maximum Gasteiger partial charge on any atom is 0.229 e. The van der Waals surface area contributed by atoms with Crippen LogP contribution in [-0.2, 0) is 22.4 Å². The average molecular weight is 493 g/mol. The zero-order valence-electron chi connectivity index (χ0n) is 20.4. The zero-order chi connectivity index (χ0) is 25.5. The van der Waals surface area contributed by atoms with Gasteiger partial charge in [-0.2, -0.15) is 10.2 Å². The molecule has 1 fully saturated rings. The second-order valence-electron chi connectivity index (χ2n) is 9.31. The summed E-state index contributed by atoms with van der Waals surface area (Å²) in [6.07, 6.45) is 3.46. The van der Waals surface area contributed by atoms with E-state index in [-0.39, 0.29) is 23.7 Å². The van der Waals surface area contributed by atoms with E-state index in [1.165, 1.54) is 0 Å². The Labute approximate surface area is 215 Å². The van der Waals surface area contributed by atoms with Gasteiger partial charge in [0.25, 0.3) is 0 Å². The quantitative estimate of drug-likeness (QED) is 0.370. The Morgan fingerprint density at radius 3 is 1.41 bits per heavy atom. The highest BCUT2D eigenvalue weighted by Crippen LogP contribution is 2.42. The summed E-state index contributed by atoms with van der Waals surface area (Å²) in [4.78, 5) is 24.5. The van der Waals surface area contributed by atoms with Gasteiger partial charge < -0.3 is 10.6 Å². The number of carbonyl (C=O) groups is 2. The van der Waals surface area contributed by atoms with Crippen molar-refractivity contribution in [1.82, 2.24) is 20.4 Å². The van der Waals surface area contributed by atoms with Crippen molar-refractivity contribution in [3.8, 4) is 0 Å². The summed E-state index contributed by atoms with van der Waals surface area (Å²) in [5, 5.41) is 22.8. The Kier molecular flexibility index (Phi) is 7.55. The summed E-state index contributed by atoms with van der Waals surface area (Å²) in [7, 11) is 0. The minimum absolute atomic E-state index is 0.118. The van der Waals surface area contributed by atoms with Crippen LogP contribution in [0.5, 0.6) is 0 Å². The van der Waals surface area contributed by atoms with Crippen molar-refractivity contribution in [3.05, 3.63) is 107 Å². The first-order chi connectivity index (χ1) is 18.1. The third kappa shape index (κ3) is 6.61. The normalized spacial score (nSPS) is 16.8. The Bertz CT molecular complexity index is 1220. The van der Waals surface area contributed by atoms with E-state index in [2.05, 4.69) is 31.0 Å². The van der Waals surface area contributed by atoms with Crippen LogP contribution in [0.4, 0.5) is 11.6 Å². The number of benzene rings is 2. The number of carbonyl (C=O) groups excluding carboxylic acids is 2. The van der Waals surface area contributed by atoms with Gasteiger partial charge in [0.2, 0.25) is 11.8 Å². The molecule has 1 aliphatic rings. The first kappa shape index (κ1) is 24.2. The van der Waals surface area contributed by atoms with Crippen LogP contribution in [0.15, 0.2) is 84.9 Å². The van der Waals surface area contributed by atoms with Crippen molar-refractivity contribution < 1.29 is 9.59 Å². The maximum atomic E-state index is 12.3. The highest BCUT2D eigenvalue weighted by molar-refractivity contribution is 5.91. The topological polar surface area (TPSA) is 110 Å². The molecule has 1 aliphatic carbocycles. The number of anilines is 2. The Morgan fingerprint density at radius 1 is 0.595 bits per heavy atom. The monoisotopic (exact) mass is 492 g/mol. The van der Waals surface area contributed by atoms with Gasteiger partial charge in [-0.3, -0.25) is 9.59 Å². The molecular formula is C29H28N6O2. The molecule has 2 heterocycles. The maximum absolute atomic E-state index is 12.3. The lowest BCUT2D eigenvalue weighted by molar-refractivity contribution is -0.116. The second kappa shape index (κ2) is 11.5. The fourth-order valence-corrected chi connectivity index (χ4v) is 4.71. The van der Waals surface area contributed by atoms with E-state index < -0.39 is 0 Å². The first-order valence-electron chi connectivity index (χ1n) is 12.5. The van der Waals surface area contributed by atoms with Gasteiger partial charge in [-0.15, -0.1) is 10.2 Å². The molecule has 0 spiro atoms. The summed E-state index contributed by atoms with van der Waals surface area (Å²) in [6, 6.07) is 26.7. The molecule has 0 saturated heterocycles. The summed E-state index contributed by atoms with van der Waals surface area (Å²) in [5.41, 5.74) is 3.74. The molecule has 2 N–H and O–H groups in total. The van der Waals surface area contributed by atoms with Crippen LogP contribution < -0.4 is 10.6 Å². The van der Waals surface area contributed by atoms with Gasteiger partial charge in [-0.1, -0.05) is 60.7 Å². The molecule has 37 heavy (non-hydrogen) atoms. The molecule has 8 heteroatoms. The number of aromatic nitrogens is 4. The van der Waals surface area contributed by atoms with Gasteiger partial charge in [0, 0.05) is 11.8 Å². The fraction of sp³-hybridized carbons (Fsp3) is 0.241. The molecule has 2 amide bonds. The largest absolute Gasteiger partial charge is 0.309 e. The van der Waals surface area contributed by atoms with Gasteiger partial charge >= 0.3 is 0 Å². The number of nitrogens with zero attached hydrogens (tertiary/aromatic N) is 4. The zero-order valence-corrected chi connectivity index (χ0v) is 20.4. The molecule has 2 aromatic carbocycles. The van der Waals surface area contributed by atoms with Crippen molar-refractivity contribution in [2.45, 2.75) is 43.9 Å². The predicted octanol–water partition coefficient (Wildman–Crippen LogP) is 4.68. The van der Waals surface area contributed by atoms with Crippen molar-refractivity contribution in [3.63, 3.8) is 0 Å². The van der Waals surface area contributed by atoms with Crippen molar-refractivity contribution in [1.29, 1.82) is 0 Å². The SMILES string of the molecule is O=C(Cc1ccccc1)Nc1ccc([C@@H]2CC[C@H](c3ccc(NC(=O)Cc4ccccc4)nn3)C2)nn1. The Hall–Kier alpha value is -4.46.